The highest BCUT2D eigenvalue weighted by Gasteiger charge is 2.19. The fourth-order valence-electron chi connectivity index (χ4n) is 2.32. The Bertz CT molecular complexity index is 337. The molecule has 0 radical (unpaired) electrons. The lowest BCUT2D eigenvalue weighted by molar-refractivity contribution is 0.411. The third-order valence-corrected chi connectivity index (χ3v) is 3.19. The van der Waals surface area contributed by atoms with Gasteiger partial charge < -0.3 is 15.0 Å². The predicted molar refractivity (Wildman–Crippen MR) is 69.7 cm³/mol. The van der Waals surface area contributed by atoms with Gasteiger partial charge in [-0.05, 0) is 31.5 Å². The molecule has 17 heavy (non-hydrogen) atoms. The second-order valence-electron chi connectivity index (χ2n) is 4.40. The van der Waals surface area contributed by atoms with Crippen LogP contribution in [-0.2, 0) is 0 Å². The Balaban J connectivity index is 2.00. The molecule has 0 aromatic carbocycles. The monoisotopic (exact) mass is 235 g/mol. The molecule has 1 aromatic rings. The lowest BCUT2D eigenvalue weighted by Gasteiger charge is -2.33. The van der Waals surface area contributed by atoms with E-state index in [1.165, 1.54) is 12.8 Å². The molecule has 0 aliphatic carbocycles. The van der Waals surface area contributed by atoms with Crippen molar-refractivity contribution in [1.82, 2.24) is 10.3 Å². The fraction of sp³-hybridized carbons (Fsp3) is 0.615. The van der Waals surface area contributed by atoms with Gasteiger partial charge in [0, 0.05) is 19.1 Å². The zero-order valence-corrected chi connectivity index (χ0v) is 10.6. The summed E-state index contributed by atoms with van der Waals surface area (Å²) in [6.45, 7) is 5.34. The highest BCUT2D eigenvalue weighted by atomic mass is 16.5. The van der Waals surface area contributed by atoms with E-state index < -0.39 is 0 Å². The molecule has 0 amide bonds. The first-order valence-electron chi connectivity index (χ1n) is 6.32. The molecule has 0 saturated carbocycles. The Morgan fingerprint density at radius 2 is 2.41 bits per heavy atom. The zero-order valence-electron chi connectivity index (χ0n) is 10.6. The molecule has 1 aromatic heterocycles. The molecular formula is C13H21N3O. The van der Waals surface area contributed by atoms with E-state index in [9.17, 15) is 0 Å². The van der Waals surface area contributed by atoms with E-state index in [2.05, 4.69) is 22.1 Å². The van der Waals surface area contributed by atoms with Crippen LogP contribution in [-0.4, -0.2) is 37.8 Å². The standard InChI is InChI=1S/C13H21N3O/c1-3-14-11-5-4-8-16(10-11)13-7-6-12(17-2)9-15-13/h6-7,9,11,14H,3-5,8,10H2,1-2H3. The molecule has 1 aliphatic heterocycles. The first-order chi connectivity index (χ1) is 8.33. The number of piperidine rings is 1. The number of pyridine rings is 1. The van der Waals surface area contributed by atoms with Crippen LogP contribution in [0, 0.1) is 0 Å². The maximum Gasteiger partial charge on any atom is 0.137 e. The van der Waals surface area contributed by atoms with E-state index >= 15 is 0 Å². The minimum Gasteiger partial charge on any atom is -0.495 e. The molecule has 4 nitrogen and oxygen atoms in total. The van der Waals surface area contributed by atoms with E-state index in [1.54, 1.807) is 13.3 Å². The van der Waals surface area contributed by atoms with Crippen molar-refractivity contribution in [3.63, 3.8) is 0 Å². The van der Waals surface area contributed by atoms with E-state index in [0.29, 0.717) is 6.04 Å². The summed E-state index contributed by atoms with van der Waals surface area (Å²) < 4.78 is 5.12. The first kappa shape index (κ1) is 12.2. The summed E-state index contributed by atoms with van der Waals surface area (Å²) in [5.74, 6) is 1.86. The van der Waals surface area contributed by atoms with Gasteiger partial charge in [0.1, 0.15) is 11.6 Å². The molecule has 0 spiro atoms. The second kappa shape index (κ2) is 5.87. The Labute approximate surface area is 103 Å². The molecule has 4 heteroatoms. The number of ether oxygens (including phenoxy) is 1. The number of nitrogens with zero attached hydrogens (tertiary/aromatic N) is 2. The van der Waals surface area contributed by atoms with Crippen molar-refractivity contribution in [3.05, 3.63) is 18.3 Å². The Hall–Kier alpha value is -1.29. The van der Waals surface area contributed by atoms with E-state index in [1.807, 2.05) is 12.1 Å². The second-order valence-corrected chi connectivity index (χ2v) is 4.40. The number of rotatable bonds is 4. The lowest BCUT2D eigenvalue weighted by atomic mass is 10.1. The number of aromatic nitrogens is 1. The quantitative estimate of drug-likeness (QED) is 0.861. The average molecular weight is 235 g/mol. The summed E-state index contributed by atoms with van der Waals surface area (Å²) in [7, 11) is 1.67. The number of anilines is 1. The lowest BCUT2D eigenvalue weighted by Crippen LogP contribution is -2.45. The van der Waals surface area contributed by atoms with Crippen LogP contribution in [0.4, 0.5) is 5.82 Å². The summed E-state index contributed by atoms with van der Waals surface area (Å²) in [5.41, 5.74) is 0. The van der Waals surface area contributed by atoms with Gasteiger partial charge in [-0.2, -0.15) is 0 Å². The first-order valence-corrected chi connectivity index (χ1v) is 6.32. The van der Waals surface area contributed by atoms with E-state index in [0.717, 1.165) is 31.2 Å². The zero-order chi connectivity index (χ0) is 12.1. The molecule has 1 saturated heterocycles. The molecule has 2 heterocycles. The Morgan fingerprint density at radius 3 is 3.06 bits per heavy atom. The molecular weight excluding hydrogens is 214 g/mol. The number of hydrogen-bond acceptors (Lipinski definition) is 4. The van der Waals surface area contributed by atoms with Crippen molar-refractivity contribution in [2.45, 2.75) is 25.8 Å². The smallest absolute Gasteiger partial charge is 0.137 e. The normalized spacial score (nSPS) is 20.4. The van der Waals surface area contributed by atoms with Crippen LogP contribution < -0.4 is 15.0 Å². The van der Waals surface area contributed by atoms with Gasteiger partial charge in [0.15, 0.2) is 0 Å². The van der Waals surface area contributed by atoms with Gasteiger partial charge in [-0.25, -0.2) is 4.98 Å². The summed E-state index contributed by atoms with van der Waals surface area (Å²) in [6, 6.07) is 4.60. The van der Waals surface area contributed by atoms with Crippen LogP contribution in [0.2, 0.25) is 0 Å². The number of nitrogens with one attached hydrogen (secondary N) is 1. The van der Waals surface area contributed by atoms with Gasteiger partial charge in [-0.15, -0.1) is 0 Å². The molecule has 0 bridgehead atoms. The van der Waals surface area contributed by atoms with Gasteiger partial charge in [-0.1, -0.05) is 6.92 Å². The molecule has 1 aliphatic rings. The third kappa shape index (κ3) is 3.09. The number of likely N-dealkylation sites (N-methyl/N-ethyl adjacent to an activating group) is 1. The van der Waals surface area contributed by atoms with Gasteiger partial charge >= 0.3 is 0 Å². The summed E-state index contributed by atoms with van der Waals surface area (Å²) >= 11 is 0. The molecule has 1 unspecified atom stereocenters. The van der Waals surface area contributed by atoms with Crippen LogP contribution in [0.15, 0.2) is 18.3 Å². The molecule has 2 rings (SSSR count). The SMILES string of the molecule is CCNC1CCCN(c2ccc(OC)cn2)C1. The van der Waals surface area contributed by atoms with Gasteiger partial charge in [0.2, 0.25) is 0 Å². The van der Waals surface area contributed by atoms with Crippen LogP contribution in [0.25, 0.3) is 0 Å². The number of methoxy groups -OCH3 is 1. The minimum atomic E-state index is 0.595. The van der Waals surface area contributed by atoms with E-state index in [-0.39, 0.29) is 0 Å². The highest BCUT2D eigenvalue weighted by molar-refractivity contribution is 5.41. The van der Waals surface area contributed by atoms with Crippen molar-refractivity contribution in [2.75, 3.05) is 31.6 Å². The molecule has 1 N–H and O–H groups in total. The number of hydrogen-bond donors (Lipinski definition) is 1. The van der Waals surface area contributed by atoms with Crippen molar-refractivity contribution in [3.8, 4) is 5.75 Å². The molecule has 1 atom stereocenters. The summed E-state index contributed by atoms with van der Waals surface area (Å²) in [4.78, 5) is 6.78. The maximum atomic E-state index is 5.12. The Morgan fingerprint density at radius 1 is 1.53 bits per heavy atom. The van der Waals surface area contributed by atoms with Crippen LogP contribution in [0.5, 0.6) is 5.75 Å². The van der Waals surface area contributed by atoms with E-state index in [4.69, 9.17) is 4.74 Å². The highest BCUT2D eigenvalue weighted by Crippen LogP contribution is 2.19. The van der Waals surface area contributed by atoms with Crippen LogP contribution >= 0.6 is 0 Å². The largest absolute Gasteiger partial charge is 0.495 e. The molecule has 94 valence electrons. The van der Waals surface area contributed by atoms with Crippen molar-refractivity contribution in [1.29, 1.82) is 0 Å². The van der Waals surface area contributed by atoms with Gasteiger partial charge in [0.05, 0.1) is 13.3 Å². The molecule has 1 fully saturated rings. The summed E-state index contributed by atoms with van der Waals surface area (Å²) in [5, 5.41) is 3.51. The van der Waals surface area contributed by atoms with Gasteiger partial charge in [-0.3, -0.25) is 0 Å². The predicted octanol–water partition coefficient (Wildman–Crippen LogP) is 1.67. The fourth-order valence-corrected chi connectivity index (χ4v) is 2.32. The average Bonchev–Trinajstić information content (AvgIpc) is 2.40. The minimum absolute atomic E-state index is 0.595. The van der Waals surface area contributed by atoms with Crippen molar-refractivity contribution in [2.24, 2.45) is 0 Å². The summed E-state index contributed by atoms with van der Waals surface area (Å²) in [6.07, 6.45) is 4.28. The van der Waals surface area contributed by atoms with Crippen molar-refractivity contribution >= 4 is 5.82 Å². The third-order valence-electron chi connectivity index (χ3n) is 3.19. The Kier molecular flexibility index (Phi) is 4.20. The maximum absolute atomic E-state index is 5.12. The van der Waals surface area contributed by atoms with Gasteiger partial charge in [0.25, 0.3) is 0 Å². The topological polar surface area (TPSA) is 37.4 Å². The van der Waals surface area contributed by atoms with Crippen LogP contribution in [0.3, 0.4) is 0 Å². The van der Waals surface area contributed by atoms with Crippen LogP contribution in [0.1, 0.15) is 19.8 Å². The van der Waals surface area contributed by atoms with Crippen molar-refractivity contribution < 1.29 is 4.74 Å².